The Kier molecular flexibility index (Phi) is 5.36. The molecule has 0 aromatic carbocycles. The van der Waals surface area contributed by atoms with Crippen LogP contribution in [-0.2, 0) is 14.4 Å². The summed E-state index contributed by atoms with van der Waals surface area (Å²) in [6.45, 7) is 6.10. The predicted molar refractivity (Wildman–Crippen MR) is 57.1 cm³/mol. The number of nitrogens with one attached hydrogen (secondary N) is 1. The maximum Gasteiger partial charge on any atom is 0.334 e. The topological polar surface area (TPSA) is 47.6 Å². The van der Waals surface area contributed by atoms with Gasteiger partial charge in [-0.05, 0) is 19.8 Å². The number of carbonyl (C=O) groups excluding carboxylic acids is 1. The van der Waals surface area contributed by atoms with Gasteiger partial charge in [-0.3, -0.25) is 4.84 Å². The lowest BCUT2D eigenvalue weighted by atomic mass is 10.3. The Morgan fingerprint density at radius 2 is 2.13 bits per heavy atom. The van der Waals surface area contributed by atoms with Crippen molar-refractivity contribution >= 4 is 5.97 Å². The summed E-state index contributed by atoms with van der Waals surface area (Å²) in [4.78, 5) is 16.5. The molecule has 0 unspecified atom stereocenters. The number of hydrogen-bond acceptors (Lipinski definition) is 4. The third kappa shape index (κ3) is 4.44. The molecule has 0 amide bonds. The first-order chi connectivity index (χ1) is 7.24. The summed E-state index contributed by atoms with van der Waals surface area (Å²) in [5, 5.41) is 0. The summed E-state index contributed by atoms with van der Waals surface area (Å²) < 4.78 is 4.79. The molecule has 0 heterocycles. The molecule has 0 aromatic heterocycles. The fourth-order valence-corrected chi connectivity index (χ4v) is 1.56. The van der Waals surface area contributed by atoms with E-state index in [1.165, 1.54) is 12.8 Å². The molecule has 0 saturated heterocycles. The Morgan fingerprint density at radius 1 is 1.47 bits per heavy atom. The van der Waals surface area contributed by atoms with Crippen LogP contribution in [0.2, 0.25) is 0 Å². The van der Waals surface area contributed by atoms with Gasteiger partial charge < -0.3 is 4.74 Å². The number of hydroxylamine groups is 1. The zero-order valence-electron chi connectivity index (χ0n) is 9.25. The minimum atomic E-state index is -0.361. The molecule has 86 valence electrons. The van der Waals surface area contributed by atoms with Crippen LogP contribution >= 0.6 is 0 Å². The molecule has 0 aromatic rings. The molecule has 1 rings (SSSR count). The van der Waals surface area contributed by atoms with E-state index < -0.39 is 0 Å². The van der Waals surface area contributed by atoms with Gasteiger partial charge in [0, 0.05) is 5.57 Å². The molecule has 15 heavy (non-hydrogen) atoms. The van der Waals surface area contributed by atoms with Gasteiger partial charge in [-0.25, -0.2) is 4.79 Å². The lowest BCUT2D eigenvalue weighted by Crippen LogP contribution is -2.26. The first-order valence-corrected chi connectivity index (χ1v) is 5.47. The minimum absolute atomic E-state index is 0.292. The van der Waals surface area contributed by atoms with Crippen molar-refractivity contribution in [2.24, 2.45) is 0 Å². The molecule has 1 aliphatic rings. The largest absolute Gasteiger partial charge is 0.463 e. The van der Waals surface area contributed by atoms with Crippen LogP contribution in [0.4, 0.5) is 0 Å². The van der Waals surface area contributed by atoms with Crippen LogP contribution in [-0.4, -0.2) is 25.2 Å². The minimum Gasteiger partial charge on any atom is -0.463 e. The monoisotopic (exact) mass is 213 g/mol. The summed E-state index contributed by atoms with van der Waals surface area (Å²) in [5.41, 5.74) is 3.16. The molecule has 4 heteroatoms. The second-order valence-corrected chi connectivity index (χ2v) is 3.67. The van der Waals surface area contributed by atoms with Gasteiger partial charge in [0.1, 0.15) is 0 Å². The quantitative estimate of drug-likeness (QED) is 0.413. The Morgan fingerprint density at radius 3 is 2.73 bits per heavy atom. The summed E-state index contributed by atoms with van der Waals surface area (Å²) in [6, 6.07) is 0. The molecule has 0 bridgehead atoms. The zero-order valence-corrected chi connectivity index (χ0v) is 9.25. The van der Waals surface area contributed by atoms with Gasteiger partial charge in [0.05, 0.1) is 19.3 Å². The van der Waals surface area contributed by atoms with Crippen molar-refractivity contribution in [3.8, 4) is 0 Å². The summed E-state index contributed by atoms with van der Waals surface area (Å²) in [7, 11) is 0. The molecular formula is C11H19NO3. The molecule has 1 saturated carbocycles. The number of rotatable bonds is 6. The molecule has 4 nitrogen and oxygen atoms in total. The van der Waals surface area contributed by atoms with E-state index >= 15 is 0 Å². The molecule has 0 radical (unpaired) electrons. The molecule has 0 atom stereocenters. The van der Waals surface area contributed by atoms with Crippen molar-refractivity contribution in [2.75, 3.05) is 13.2 Å². The van der Waals surface area contributed by atoms with Crippen LogP contribution in [0.15, 0.2) is 12.2 Å². The van der Waals surface area contributed by atoms with E-state index in [-0.39, 0.29) is 5.97 Å². The van der Waals surface area contributed by atoms with E-state index in [1.807, 2.05) is 0 Å². The van der Waals surface area contributed by atoms with Gasteiger partial charge in [-0.2, -0.15) is 5.48 Å². The van der Waals surface area contributed by atoms with Gasteiger partial charge in [0.15, 0.2) is 0 Å². The third-order valence-electron chi connectivity index (χ3n) is 2.40. The maximum atomic E-state index is 11.2. The molecular weight excluding hydrogens is 194 g/mol. The highest BCUT2D eigenvalue weighted by Gasteiger charge is 2.16. The van der Waals surface area contributed by atoms with Gasteiger partial charge in [0.2, 0.25) is 0 Å². The molecule has 0 aliphatic heterocycles. The summed E-state index contributed by atoms with van der Waals surface area (Å²) in [6.07, 6.45) is 4.94. The highest BCUT2D eigenvalue weighted by Crippen LogP contribution is 2.19. The number of ether oxygens (including phenoxy) is 1. The van der Waals surface area contributed by atoms with E-state index in [9.17, 15) is 4.79 Å². The van der Waals surface area contributed by atoms with Crippen LogP contribution in [0.1, 0.15) is 32.6 Å². The normalized spacial score (nSPS) is 16.6. The predicted octanol–water partition coefficient (Wildman–Crippen LogP) is 1.57. The number of esters is 1. The highest BCUT2D eigenvalue weighted by molar-refractivity contribution is 5.88. The van der Waals surface area contributed by atoms with Gasteiger partial charge >= 0.3 is 5.97 Å². The van der Waals surface area contributed by atoms with Crippen molar-refractivity contribution in [3.05, 3.63) is 12.2 Å². The smallest absolute Gasteiger partial charge is 0.334 e. The van der Waals surface area contributed by atoms with E-state index in [0.717, 1.165) is 12.8 Å². The standard InChI is InChI=1S/C11H19NO3/c1-3-14-11(13)9(2)8-12-15-10-6-4-5-7-10/h10,12H,2-8H2,1H3. The fourth-order valence-electron chi connectivity index (χ4n) is 1.56. The van der Waals surface area contributed by atoms with Gasteiger partial charge in [-0.1, -0.05) is 19.4 Å². The highest BCUT2D eigenvalue weighted by atomic mass is 16.7. The Bertz CT molecular complexity index is 222. The number of hydrogen-bond donors (Lipinski definition) is 1. The van der Waals surface area contributed by atoms with Gasteiger partial charge in [0.25, 0.3) is 0 Å². The maximum absolute atomic E-state index is 11.2. The van der Waals surface area contributed by atoms with Crippen molar-refractivity contribution < 1.29 is 14.4 Å². The van der Waals surface area contributed by atoms with Crippen LogP contribution in [0.25, 0.3) is 0 Å². The van der Waals surface area contributed by atoms with Crippen LogP contribution in [0, 0.1) is 0 Å². The molecule has 1 aliphatic carbocycles. The van der Waals surface area contributed by atoms with E-state index in [2.05, 4.69) is 12.1 Å². The first kappa shape index (κ1) is 12.2. The molecule has 1 fully saturated rings. The lowest BCUT2D eigenvalue weighted by Gasteiger charge is -2.12. The fraction of sp³-hybridized carbons (Fsp3) is 0.727. The molecule has 1 N–H and O–H groups in total. The number of carbonyl (C=O) groups is 1. The van der Waals surface area contributed by atoms with Crippen LogP contribution in [0.5, 0.6) is 0 Å². The third-order valence-corrected chi connectivity index (χ3v) is 2.40. The SMILES string of the molecule is C=C(CNOC1CCCC1)C(=O)OCC. The Hall–Kier alpha value is -0.870. The zero-order chi connectivity index (χ0) is 11.1. The van der Waals surface area contributed by atoms with Crippen molar-refractivity contribution in [3.63, 3.8) is 0 Å². The average Bonchev–Trinajstić information content (AvgIpc) is 2.71. The first-order valence-electron chi connectivity index (χ1n) is 5.47. The van der Waals surface area contributed by atoms with Crippen molar-refractivity contribution in [1.82, 2.24) is 5.48 Å². The van der Waals surface area contributed by atoms with Crippen molar-refractivity contribution in [1.29, 1.82) is 0 Å². The average molecular weight is 213 g/mol. The van der Waals surface area contributed by atoms with E-state index in [1.54, 1.807) is 6.92 Å². The van der Waals surface area contributed by atoms with Gasteiger partial charge in [-0.15, -0.1) is 0 Å². The van der Waals surface area contributed by atoms with Crippen LogP contribution < -0.4 is 5.48 Å². The van der Waals surface area contributed by atoms with E-state index in [4.69, 9.17) is 9.57 Å². The summed E-state index contributed by atoms with van der Waals surface area (Å²) >= 11 is 0. The van der Waals surface area contributed by atoms with Crippen LogP contribution in [0.3, 0.4) is 0 Å². The Balaban J connectivity index is 2.08. The lowest BCUT2D eigenvalue weighted by molar-refractivity contribution is -0.139. The van der Waals surface area contributed by atoms with E-state index in [0.29, 0.717) is 24.8 Å². The summed E-state index contributed by atoms with van der Waals surface area (Å²) in [5.74, 6) is -0.361. The second kappa shape index (κ2) is 6.58. The Labute approximate surface area is 90.6 Å². The van der Waals surface area contributed by atoms with Crippen molar-refractivity contribution in [2.45, 2.75) is 38.7 Å². The second-order valence-electron chi connectivity index (χ2n) is 3.67. The molecule has 0 spiro atoms.